The van der Waals surface area contributed by atoms with Gasteiger partial charge in [0.25, 0.3) is 16.1 Å². The highest BCUT2D eigenvalue weighted by atomic mass is 32.2. The van der Waals surface area contributed by atoms with Crippen molar-refractivity contribution in [1.29, 1.82) is 0 Å². The third-order valence-electron chi connectivity index (χ3n) is 11.6. The summed E-state index contributed by atoms with van der Waals surface area (Å²) in [5, 5.41) is 11.3. The van der Waals surface area contributed by atoms with Crippen LogP contribution in [0.1, 0.15) is 86.0 Å². The molecule has 51 heavy (non-hydrogen) atoms. The maximum atomic E-state index is 14.6. The maximum Gasteiger partial charge on any atom is 0.315 e. The summed E-state index contributed by atoms with van der Waals surface area (Å²) in [6.45, 7) is 13.9. The van der Waals surface area contributed by atoms with Gasteiger partial charge >= 0.3 is 6.03 Å². The van der Waals surface area contributed by atoms with Gasteiger partial charge in [0.1, 0.15) is 12.1 Å². The van der Waals surface area contributed by atoms with Crippen molar-refractivity contribution >= 4 is 39.7 Å². The Balaban J connectivity index is 1.56. The fourth-order valence-corrected chi connectivity index (χ4v) is 8.83. The molecule has 1 saturated heterocycles. The van der Waals surface area contributed by atoms with Gasteiger partial charge in [-0.1, -0.05) is 72.8 Å². The molecule has 5 amide bonds. The molecule has 4 fully saturated rings. The van der Waals surface area contributed by atoms with Crippen molar-refractivity contribution in [3.63, 3.8) is 0 Å². The number of Topliss-reactive ketones (excluding diaryl/α,β-unsaturated/α-hetero) is 1. The van der Waals surface area contributed by atoms with Gasteiger partial charge in [0, 0.05) is 46.8 Å². The van der Waals surface area contributed by atoms with Gasteiger partial charge in [-0.3, -0.25) is 19.2 Å². The fraction of sp³-hybridized carbons (Fsp3) is 0.806. The van der Waals surface area contributed by atoms with Gasteiger partial charge in [-0.05, 0) is 53.8 Å². The number of urea groups is 1. The Bertz CT molecular complexity index is 1450. The molecule has 4 N–H and O–H groups in total. The first-order chi connectivity index (χ1) is 23.7. The number of likely N-dealkylation sites (N-methyl/N-ethyl adjacent to an activating group) is 1. The number of nitrogens with zero attached hydrogens (tertiary/aromatic N) is 3. The molecule has 0 spiro atoms. The number of hydrogen-bond donors (Lipinski definition) is 4. The third kappa shape index (κ3) is 9.50. The minimum Gasteiger partial charge on any atom is -0.346 e. The van der Waals surface area contributed by atoms with Crippen LogP contribution in [0.25, 0.3) is 0 Å². The van der Waals surface area contributed by atoms with E-state index in [1.165, 1.54) is 31.5 Å². The van der Waals surface area contributed by atoms with Crippen molar-refractivity contribution in [2.45, 2.75) is 110 Å². The van der Waals surface area contributed by atoms with Crippen LogP contribution in [0.5, 0.6) is 0 Å². The Morgan fingerprint density at radius 3 is 2.14 bits per heavy atom. The smallest absolute Gasteiger partial charge is 0.315 e. The van der Waals surface area contributed by atoms with Gasteiger partial charge in [-0.2, -0.15) is 17.0 Å². The average molecular weight is 736 g/mol. The van der Waals surface area contributed by atoms with E-state index in [0.717, 1.165) is 49.3 Å². The summed E-state index contributed by atoms with van der Waals surface area (Å²) in [4.78, 5) is 70.0. The second-order valence-corrected chi connectivity index (χ2v) is 19.2. The Kier molecular flexibility index (Phi) is 12.7. The molecule has 15 heteroatoms. The van der Waals surface area contributed by atoms with E-state index in [0.29, 0.717) is 13.0 Å². The molecule has 4 rings (SSSR count). The number of carbonyl (C=O) groups is 5. The number of rotatable bonds is 16. The molecular weight excluding hydrogens is 675 g/mol. The molecule has 288 valence electrons. The second kappa shape index (κ2) is 15.9. The third-order valence-corrected chi connectivity index (χ3v) is 13.5. The van der Waals surface area contributed by atoms with Gasteiger partial charge in [-0.15, -0.1) is 6.58 Å². The Morgan fingerprint density at radius 2 is 1.59 bits per heavy atom. The van der Waals surface area contributed by atoms with Gasteiger partial charge in [-0.25, -0.2) is 4.79 Å². The van der Waals surface area contributed by atoms with E-state index in [1.54, 1.807) is 4.90 Å². The van der Waals surface area contributed by atoms with E-state index in [-0.39, 0.29) is 48.1 Å². The van der Waals surface area contributed by atoms with Crippen LogP contribution in [-0.4, -0.2) is 116 Å². The quantitative estimate of drug-likeness (QED) is 0.139. The van der Waals surface area contributed by atoms with Crippen LogP contribution >= 0.6 is 0 Å². The lowest BCUT2D eigenvalue weighted by Gasteiger charge is -2.38. The number of likely N-dealkylation sites (tertiary alicyclic amines) is 1. The topological polar surface area (TPSA) is 177 Å². The van der Waals surface area contributed by atoms with Gasteiger partial charge < -0.3 is 26.2 Å². The Labute approximate surface area is 304 Å². The molecule has 0 aromatic rings. The average Bonchev–Trinajstić information content (AvgIpc) is 3.92. The van der Waals surface area contributed by atoms with Crippen molar-refractivity contribution in [3.05, 3.63) is 12.7 Å². The predicted octanol–water partition coefficient (Wildman–Crippen LogP) is 2.03. The van der Waals surface area contributed by atoms with Crippen LogP contribution in [0.15, 0.2) is 12.7 Å². The molecule has 14 nitrogen and oxygen atoms in total. The zero-order valence-corrected chi connectivity index (χ0v) is 32.6. The van der Waals surface area contributed by atoms with Crippen LogP contribution < -0.4 is 21.3 Å². The molecule has 1 heterocycles. The first kappa shape index (κ1) is 40.7. The number of fused-ring (bicyclic) bond motifs is 1. The summed E-state index contributed by atoms with van der Waals surface area (Å²) in [6, 6.07) is -3.94. The molecule has 3 saturated carbocycles. The SMILES string of the molecule is C=CCNC(=O)C(=O)C(CC1CC1)NC(=O)[C@@H]1[C@@H]2[C@H](CN1C(=O)[C@@H](NC(=O)N[C@H](CN(C)S(=O)(=O)N(C)C)C(C)(C)C)C1CCCCC1)C2(C)C. The first-order valence-electron chi connectivity index (χ1n) is 18.5. The van der Waals surface area contributed by atoms with Crippen molar-refractivity contribution in [1.82, 2.24) is 34.8 Å². The fourth-order valence-electron chi connectivity index (χ4n) is 7.93. The lowest BCUT2D eigenvalue weighted by atomic mass is 9.83. The number of amides is 5. The predicted molar refractivity (Wildman–Crippen MR) is 194 cm³/mol. The highest BCUT2D eigenvalue weighted by molar-refractivity contribution is 7.86. The minimum absolute atomic E-state index is 0.0125. The molecule has 0 radical (unpaired) electrons. The summed E-state index contributed by atoms with van der Waals surface area (Å²) in [6.07, 6.45) is 8.03. The standard InChI is InChI=1S/C36H61N7O7S/c1-10-18-37-32(46)30(44)25(19-22-16-17-22)38-31(45)29-27-24(36(27,5)6)20-43(29)33(47)28(23-14-12-11-13-15-23)40-34(48)39-26(35(2,3)4)21-42(9)51(49,50)41(7)8/h10,22-29H,1,11-21H2,2-9H3,(H,37,46)(H,38,45)(H2,39,40,48)/t24-,25?,26+,27-,28-,29-/m0/s1. The molecule has 0 bridgehead atoms. The first-order valence-corrected chi connectivity index (χ1v) is 19.9. The minimum atomic E-state index is -3.74. The molecule has 4 aliphatic rings. The van der Waals surface area contributed by atoms with Crippen LogP contribution in [0, 0.1) is 34.5 Å². The zero-order chi connectivity index (χ0) is 38.1. The van der Waals surface area contributed by atoms with Crippen LogP contribution in [0.4, 0.5) is 4.79 Å². The van der Waals surface area contributed by atoms with Crippen LogP contribution in [-0.2, 0) is 29.4 Å². The normalized spacial score (nSPS) is 25.0. The number of ketones is 1. The summed E-state index contributed by atoms with van der Waals surface area (Å²) >= 11 is 0. The van der Waals surface area contributed by atoms with E-state index in [9.17, 15) is 32.4 Å². The van der Waals surface area contributed by atoms with Crippen molar-refractivity contribution in [3.8, 4) is 0 Å². The summed E-state index contributed by atoms with van der Waals surface area (Å²) in [5.41, 5.74) is -0.722. The Morgan fingerprint density at radius 1 is 0.961 bits per heavy atom. The van der Waals surface area contributed by atoms with E-state index < -0.39 is 63.4 Å². The lowest BCUT2D eigenvalue weighted by Crippen LogP contribution is -2.62. The number of carbonyl (C=O) groups excluding carboxylic acids is 5. The van der Waals surface area contributed by atoms with Crippen LogP contribution in [0.3, 0.4) is 0 Å². The monoisotopic (exact) mass is 735 g/mol. The molecule has 1 unspecified atom stereocenters. The summed E-state index contributed by atoms with van der Waals surface area (Å²) in [7, 11) is 0.619. The molecule has 3 aliphatic carbocycles. The highest BCUT2D eigenvalue weighted by Crippen LogP contribution is 2.65. The summed E-state index contributed by atoms with van der Waals surface area (Å²) in [5.74, 6) is -2.24. The maximum absolute atomic E-state index is 14.6. The molecule has 0 aromatic heterocycles. The van der Waals surface area contributed by atoms with E-state index in [4.69, 9.17) is 0 Å². The number of nitrogens with one attached hydrogen (secondary N) is 4. The molecule has 6 atom stereocenters. The van der Waals surface area contributed by atoms with Gasteiger partial charge in [0.2, 0.25) is 17.6 Å². The molecule has 0 aromatic carbocycles. The number of hydrogen-bond acceptors (Lipinski definition) is 7. The lowest BCUT2D eigenvalue weighted by molar-refractivity contribution is -0.144. The van der Waals surface area contributed by atoms with Crippen molar-refractivity contribution in [2.75, 3.05) is 40.8 Å². The van der Waals surface area contributed by atoms with Gasteiger partial charge in [0.05, 0.1) is 6.04 Å². The molecular formula is C36H61N7O7S. The number of piperidine rings is 1. The largest absolute Gasteiger partial charge is 0.346 e. The van der Waals surface area contributed by atoms with Crippen molar-refractivity contribution < 1.29 is 32.4 Å². The Hall–Kier alpha value is -3.04. The zero-order valence-electron chi connectivity index (χ0n) is 31.8. The van der Waals surface area contributed by atoms with E-state index >= 15 is 0 Å². The van der Waals surface area contributed by atoms with Crippen LogP contribution in [0.2, 0.25) is 0 Å². The van der Waals surface area contributed by atoms with E-state index in [1.807, 2.05) is 20.8 Å². The highest BCUT2D eigenvalue weighted by Gasteiger charge is 2.69. The van der Waals surface area contributed by atoms with Gasteiger partial charge in [0.15, 0.2) is 0 Å². The van der Waals surface area contributed by atoms with E-state index in [2.05, 4.69) is 41.7 Å². The summed E-state index contributed by atoms with van der Waals surface area (Å²) < 4.78 is 27.9. The molecule has 1 aliphatic heterocycles. The van der Waals surface area contributed by atoms with Crippen molar-refractivity contribution in [2.24, 2.45) is 34.5 Å². The second-order valence-electron chi connectivity index (χ2n) is 17.0.